The lowest BCUT2D eigenvalue weighted by molar-refractivity contribution is 0.0963. The molecule has 3 aromatic heterocycles. The maximum absolute atomic E-state index is 12.0. The Balaban J connectivity index is 1.59. The molecule has 12 nitrogen and oxygen atoms in total. The number of nitrogens with one attached hydrogen (secondary N) is 3. The standard InChI is InChI=1S/C20H21N9O3S/c1-3-33(31,32)28-17-16(22-8-9-23-17)12-29-18-14(11-25-29)10-24-20(27-18)26-15-6-4-13(5-7-15)19(30)21-2/h4-11H,3,12H2,1-2H3,(H,21,30)(H,23,28)(H,24,26,27). The quantitative estimate of drug-likeness (QED) is 0.349. The van der Waals surface area contributed by atoms with E-state index in [1.807, 2.05) is 0 Å². The van der Waals surface area contributed by atoms with Crippen molar-refractivity contribution in [3.63, 3.8) is 0 Å². The Morgan fingerprint density at radius 1 is 1.06 bits per heavy atom. The van der Waals surface area contributed by atoms with E-state index in [0.29, 0.717) is 33.9 Å². The number of fused-ring (bicyclic) bond motifs is 1. The van der Waals surface area contributed by atoms with Crippen LogP contribution >= 0.6 is 0 Å². The smallest absolute Gasteiger partial charge is 0.251 e. The van der Waals surface area contributed by atoms with Crippen molar-refractivity contribution >= 4 is 44.4 Å². The van der Waals surface area contributed by atoms with Crippen molar-refractivity contribution in [2.45, 2.75) is 13.5 Å². The number of anilines is 3. The van der Waals surface area contributed by atoms with Crippen LogP contribution in [0.1, 0.15) is 23.0 Å². The van der Waals surface area contributed by atoms with Crippen LogP contribution in [-0.4, -0.2) is 56.8 Å². The fourth-order valence-electron chi connectivity index (χ4n) is 2.95. The molecule has 4 rings (SSSR count). The lowest BCUT2D eigenvalue weighted by Gasteiger charge is -2.10. The van der Waals surface area contributed by atoms with Gasteiger partial charge in [-0.3, -0.25) is 14.5 Å². The summed E-state index contributed by atoms with van der Waals surface area (Å²) in [6.45, 7) is 1.69. The zero-order valence-corrected chi connectivity index (χ0v) is 18.7. The maximum Gasteiger partial charge on any atom is 0.251 e. The third kappa shape index (κ3) is 5.03. The van der Waals surface area contributed by atoms with Crippen LogP contribution < -0.4 is 15.4 Å². The molecule has 0 bridgehead atoms. The van der Waals surface area contributed by atoms with E-state index in [9.17, 15) is 13.2 Å². The molecular weight excluding hydrogens is 446 g/mol. The average Bonchev–Trinajstić information content (AvgIpc) is 3.22. The van der Waals surface area contributed by atoms with Gasteiger partial charge in [-0.15, -0.1) is 0 Å². The minimum atomic E-state index is -3.51. The van der Waals surface area contributed by atoms with Gasteiger partial charge in [0.05, 0.1) is 23.9 Å². The fourth-order valence-corrected chi connectivity index (χ4v) is 3.56. The second-order valence-electron chi connectivity index (χ2n) is 6.91. The number of sulfonamides is 1. The molecule has 3 heterocycles. The molecule has 0 fully saturated rings. The molecule has 0 radical (unpaired) electrons. The van der Waals surface area contributed by atoms with Gasteiger partial charge in [-0.05, 0) is 31.2 Å². The van der Waals surface area contributed by atoms with Crippen molar-refractivity contribution in [1.29, 1.82) is 0 Å². The van der Waals surface area contributed by atoms with E-state index in [2.05, 4.69) is 40.4 Å². The Kier molecular flexibility index (Phi) is 6.13. The van der Waals surface area contributed by atoms with Crippen molar-refractivity contribution in [2.75, 3.05) is 22.8 Å². The molecule has 4 aromatic rings. The van der Waals surface area contributed by atoms with E-state index >= 15 is 0 Å². The summed E-state index contributed by atoms with van der Waals surface area (Å²) in [6, 6.07) is 6.88. The monoisotopic (exact) mass is 467 g/mol. The normalized spacial score (nSPS) is 11.3. The molecule has 13 heteroatoms. The Labute approximate surface area is 189 Å². The first kappa shape index (κ1) is 22.1. The van der Waals surface area contributed by atoms with Crippen LogP contribution in [0.5, 0.6) is 0 Å². The SMILES string of the molecule is CCS(=O)(=O)Nc1nccnc1Cn1ncc2cnc(Nc3ccc(C(=O)NC)cc3)nc21. The second kappa shape index (κ2) is 9.16. The summed E-state index contributed by atoms with van der Waals surface area (Å²) in [5, 5.41) is 10.7. The van der Waals surface area contributed by atoms with Gasteiger partial charge in [-0.1, -0.05) is 0 Å². The van der Waals surface area contributed by atoms with Gasteiger partial charge in [0.1, 0.15) is 5.69 Å². The van der Waals surface area contributed by atoms with Crippen molar-refractivity contribution in [3.8, 4) is 0 Å². The van der Waals surface area contributed by atoms with Crippen molar-refractivity contribution in [2.24, 2.45) is 0 Å². The molecule has 0 spiro atoms. The molecule has 0 saturated heterocycles. The second-order valence-corrected chi connectivity index (χ2v) is 8.92. The highest BCUT2D eigenvalue weighted by atomic mass is 32.2. The number of carbonyl (C=O) groups is 1. The van der Waals surface area contributed by atoms with Crippen molar-refractivity contribution in [1.82, 2.24) is 35.0 Å². The minimum Gasteiger partial charge on any atom is -0.355 e. The third-order valence-corrected chi connectivity index (χ3v) is 5.98. The van der Waals surface area contributed by atoms with Crippen molar-refractivity contribution < 1.29 is 13.2 Å². The number of carbonyl (C=O) groups excluding carboxylic acids is 1. The summed E-state index contributed by atoms with van der Waals surface area (Å²) < 4.78 is 28.0. The summed E-state index contributed by atoms with van der Waals surface area (Å²) in [4.78, 5) is 28.9. The largest absolute Gasteiger partial charge is 0.355 e. The highest BCUT2D eigenvalue weighted by Crippen LogP contribution is 2.19. The molecule has 0 aliphatic rings. The van der Waals surface area contributed by atoms with E-state index in [1.165, 1.54) is 19.3 Å². The molecule has 0 atom stereocenters. The first-order valence-corrected chi connectivity index (χ1v) is 11.6. The summed E-state index contributed by atoms with van der Waals surface area (Å²) in [5.41, 5.74) is 2.18. The lowest BCUT2D eigenvalue weighted by Crippen LogP contribution is -2.18. The summed E-state index contributed by atoms with van der Waals surface area (Å²) in [5.74, 6) is 0.224. The van der Waals surface area contributed by atoms with Gasteiger partial charge in [0.15, 0.2) is 11.5 Å². The van der Waals surface area contributed by atoms with Gasteiger partial charge in [0.25, 0.3) is 5.91 Å². The topological polar surface area (TPSA) is 157 Å². The first-order valence-electron chi connectivity index (χ1n) is 9.96. The summed E-state index contributed by atoms with van der Waals surface area (Å²) in [7, 11) is -1.94. The first-order chi connectivity index (χ1) is 15.9. The number of hydrogen-bond donors (Lipinski definition) is 3. The Morgan fingerprint density at radius 2 is 1.82 bits per heavy atom. The fraction of sp³-hybridized carbons (Fsp3) is 0.200. The van der Waals surface area contributed by atoms with E-state index in [-0.39, 0.29) is 24.0 Å². The summed E-state index contributed by atoms with van der Waals surface area (Å²) >= 11 is 0. The van der Waals surface area contributed by atoms with Gasteiger partial charge in [-0.2, -0.15) is 10.1 Å². The van der Waals surface area contributed by atoms with E-state index in [4.69, 9.17) is 0 Å². The third-order valence-electron chi connectivity index (χ3n) is 4.71. The van der Waals surface area contributed by atoms with Crippen LogP contribution in [0.4, 0.5) is 17.5 Å². The molecule has 0 unspecified atom stereocenters. The van der Waals surface area contributed by atoms with Crippen LogP contribution in [0.25, 0.3) is 11.0 Å². The zero-order valence-electron chi connectivity index (χ0n) is 17.8. The number of nitrogens with zero attached hydrogens (tertiary/aromatic N) is 6. The van der Waals surface area contributed by atoms with Crippen molar-refractivity contribution in [3.05, 3.63) is 60.3 Å². The Morgan fingerprint density at radius 3 is 2.55 bits per heavy atom. The lowest BCUT2D eigenvalue weighted by atomic mass is 10.2. The van der Waals surface area contributed by atoms with Gasteiger partial charge < -0.3 is 10.6 Å². The van der Waals surface area contributed by atoms with Crippen LogP contribution in [0.15, 0.2) is 49.1 Å². The van der Waals surface area contributed by atoms with E-state index in [0.717, 1.165) is 0 Å². The predicted octanol–water partition coefficient (Wildman–Crippen LogP) is 1.53. The molecule has 3 N–H and O–H groups in total. The molecule has 1 amide bonds. The molecule has 33 heavy (non-hydrogen) atoms. The average molecular weight is 468 g/mol. The zero-order chi connectivity index (χ0) is 23.4. The Hall–Kier alpha value is -4.13. The molecule has 1 aromatic carbocycles. The van der Waals surface area contributed by atoms with Crippen LogP contribution in [0, 0.1) is 0 Å². The van der Waals surface area contributed by atoms with Crippen LogP contribution in [-0.2, 0) is 16.6 Å². The minimum absolute atomic E-state index is 0.0833. The Bertz CT molecular complexity index is 1400. The van der Waals surface area contributed by atoms with Gasteiger partial charge in [0, 0.05) is 36.9 Å². The molecular formula is C20H21N9O3S. The molecule has 0 aliphatic carbocycles. The highest BCUT2D eigenvalue weighted by Gasteiger charge is 2.15. The number of benzene rings is 1. The van der Waals surface area contributed by atoms with E-state index < -0.39 is 10.0 Å². The van der Waals surface area contributed by atoms with Gasteiger partial charge >= 0.3 is 0 Å². The summed E-state index contributed by atoms with van der Waals surface area (Å²) in [6.07, 6.45) is 6.14. The number of hydrogen-bond acceptors (Lipinski definition) is 9. The molecule has 0 aliphatic heterocycles. The van der Waals surface area contributed by atoms with Crippen LogP contribution in [0.2, 0.25) is 0 Å². The maximum atomic E-state index is 12.0. The van der Waals surface area contributed by atoms with Gasteiger partial charge in [-0.25, -0.2) is 23.1 Å². The molecule has 170 valence electrons. The number of aromatic nitrogens is 6. The predicted molar refractivity (Wildman–Crippen MR) is 123 cm³/mol. The number of rotatable bonds is 8. The number of amides is 1. The highest BCUT2D eigenvalue weighted by molar-refractivity contribution is 7.92. The van der Waals surface area contributed by atoms with Gasteiger partial charge in [0.2, 0.25) is 16.0 Å². The van der Waals surface area contributed by atoms with E-state index in [1.54, 1.807) is 48.4 Å². The van der Waals surface area contributed by atoms with Crippen LogP contribution in [0.3, 0.4) is 0 Å². The molecule has 0 saturated carbocycles.